The Bertz CT molecular complexity index is 1160. The molecule has 0 aliphatic rings. The molecule has 4 rings (SSSR count). The minimum absolute atomic E-state index is 0.322. The van der Waals surface area contributed by atoms with E-state index >= 15 is 0 Å². The van der Waals surface area contributed by atoms with E-state index in [1.54, 1.807) is 0 Å². The molecule has 5 heteroatoms. The molecule has 0 spiro atoms. The van der Waals surface area contributed by atoms with Gasteiger partial charge in [0.1, 0.15) is 17.5 Å². The molecular formula is C26H29N5. The van der Waals surface area contributed by atoms with E-state index in [4.69, 9.17) is 4.98 Å². The molecule has 0 bridgehead atoms. The number of hydrogen-bond acceptors (Lipinski definition) is 4. The van der Waals surface area contributed by atoms with Crippen molar-refractivity contribution in [3.8, 4) is 28.5 Å². The van der Waals surface area contributed by atoms with Gasteiger partial charge in [-0.1, -0.05) is 58.0 Å². The standard InChI is InChI=1S/C26H29N5/c1-16(2)22-14-21(25-29-18(5)28-19(6)30-25)15-23(17(3)4)24(22)31-13-12-27-26(31)20-10-8-7-9-11-20/h7-17H,1-6H3. The summed E-state index contributed by atoms with van der Waals surface area (Å²) < 4.78 is 2.23. The Morgan fingerprint density at radius 2 is 1.32 bits per heavy atom. The van der Waals surface area contributed by atoms with Crippen molar-refractivity contribution < 1.29 is 0 Å². The highest BCUT2D eigenvalue weighted by Gasteiger charge is 2.21. The molecule has 0 amide bonds. The number of benzene rings is 2. The summed E-state index contributed by atoms with van der Waals surface area (Å²) in [6, 6.07) is 14.8. The lowest BCUT2D eigenvalue weighted by atomic mass is 9.89. The van der Waals surface area contributed by atoms with Crippen LogP contribution in [0.25, 0.3) is 28.5 Å². The number of rotatable bonds is 5. The third kappa shape index (κ3) is 4.13. The molecule has 5 nitrogen and oxygen atoms in total. The van der Waals surface area contributed by atoms with E-state index in [1.807, 2.05) is 26.1 Å². The topological polar surface area (TPSA) is 56.5 Å². The molecule has 2 heterocycles. The van der Waals surface area contributed by atoms with Gasteiger partial charge in [-0.15, -0.1) is 0 Å². The Morgan fingerprint density at radius 3 is 1.87 bits per heavy atom. The fourth-order valence-corrected chi connectivity index (χ4v) is 4.00. The van der Waals surface area contributed by atoms with Crippen molar-refractivity contribution in [1.29, 1.82) is 0 Å². The lowest BCUT2D eigenvalue weighted by Crippen LogP contribution is -2.09. The third-order valence-corrected chi connectivity index (χ3v) is 5.44. The number of aryl methyl sites for hydroxylation is 2. The van der Waals surface area contributed by atoms with Crippen LogP contribution in [0.4, 0.5) is 0 Å². The van der Waals surface area contributed by atoms with Crippen molar-refractivity contribution in [3.63, 3.8) is 0 Å². The summed E-state index contributed by atoms with van der Waals surface area (Å²) in [4.78, 5) is 18.3. The Morgan fingerprint density at radius 1 is 0.742 bits per heavy atom. The van der Waals surface area contributed by atoms with Gasteiger partial charge in [0.2, 0.25) is 0 Å². The Kier molecular flexibility index (Phi) is 5.68. The second-order valence-corrected chi connectivity index (χ2v) is 8.55. The molecule has 0 N–H and O–H groups in total. The average Bonchev–Trinajstić information content (AvgIpc) is 3.22. The minimum atomic E-state index is 0.322. The van der Waals surface area contributed by atoms with E-state index in [0.29, 0.717) is 11.8 Å². The summed E-state index contributed by atoms with van der Waals surface area (Å²) in [5, 5.41) is 0. The summed E-state index contributed by atoms with van der Waals surface area (Å²) in [6.07, 6.45) is 3.94. The Labute approximate surface area is 184 Å². The molecule has 2 aromatic carbocycles. The van der Waals surface area contributed by atoms with Gasteiger partial charge in [-0.05, 0) is 48.9 Å². The maximum Gasteiger partial charge on any atom is 0.163 e. The second kappa shape index (κ2) is 8.42. The first-order chi connectivity index (χ1) is 14.8. The van der Waals surface area contributed by atoms with E-state index in [0.717, 1.165) is 34.4 Å². The van der Waals surface area contributed by atoms with Crippen molar-refractivity contribution in [1.82, 2.24) is 24.5 Å². The van der Waals surface area contributed by atoms with Gasteiger partial charge in [0.15, 0.2) is 5.82 Å². The van der Waals surface area contributed by atoms with Crippen molar-refractivity contribution >= 4 is 0 Å². The molecule has 4 aromatic rings. The van der Waals surface area contributed by atoms with E-state index in [2.05, 4.69) is 89.8 Å². The van der Waals surface area contributed by atoms with Gasteiger partial charge >= 0.3 is 0 Å². The Balaban J connectivity index is 1.99. The summed E-state index contributed by atoms with van der Waals surface area (Å²) in [7, 11) is 0. The van der Waals surface area contributed by atoms with Crippen LogP contribution < -0.4 is 0 Å². The molecule has 0 aliphatic carbocycles. The highest BCUT2D eigenvalue weighted by atomic mass is 15.1. The zero-order valence-electron chi connectivity index (χ0n) is 19.1. The van der Waals surface area contributed by atoms with E-state index in [9.17, 15) is 0 Å². The van der Waals surface area contributed by atoms with Crippen molar-refractivity contribution in [2.45, 2.75) is 53.4 Å². The molecule has 0 saturated carbocycles. The van der Waals surface area contributed by atoms with Crippen LogP contribution >= 0.6 is 0 Å². The molecule has 0 saturated heterocycles. The Hall–Kier alpha value is -3.34. The lowest BCUT2D eigenvalue weighted by molar-refractivity contribution is 0.806. The number of aromatic nitrogens is 5. The van der Waals surface area contributed by atoms with Crippen LogP contribution in [0.15, 0.2) is 54.9 Å². The normalized spacial score (nSPS) is 11.5. The van der Waals surface area contributed by atoms with Gasteiger partial charge in [0.05, 0.1) is 5.69 Å². The molecule has 0 fully saturated rings. The largest absolute Gasteiger partial charge is 0.299 e. The molecule has 158 valence electrons. The molecule has 0 unspecified atom stereocenters. The van der Waals surface area contributed by atoms with Crippen LogP contribution in [-0.4, -0.2) is 24.5 Å². The summed E-state index contributed by atoms with van der Waals surface area (Å²) in [6.45, 7) is 12.8. The first kappa shape index (κ1) is 20.9. The van der Waals surface area contributed by atoms with Gasteiger partial charge in [-0.3, -0.25) is 4.57 Å². The maximum absolute atomic E-state index is 4.70. The predicted molar refractivity (Wildman–Crippen MR) is 125 cm³/mol. The fourth-order valence-electron chi connectivity index (χ4n) is 4.00. The highest BCUT2D eigenvalue weighted by molar-refractivity contribution is 5.68. The van der Waals surface area contributed by atoms with Gasteiger partial charge in [0, 0.05) is 23.5 Å². The third-order valence-electron chi connectivity index (χ3n) is 5.44. The van der Waals surface area contributed by atoms with Crippen molar-refractivity contribution in [2.24, 2.45) is 0 Å². The zero-order valence-corrected chi connectivity index (χ0v) is 19.1. The van der Waals surface area contributed by atoms with Gasteiger partial charge in [-0.25, -0.2) is 19.9 Å². The van der Waals surface area contributed by atoms with Crippen molar-refractivity contribution in [2.75, 3.05) is 0 Å². The number of hydrogen-bond donors (Lipinski definition) is 0. The molecule has 0 aliphatic heterocycles. The zero-order chi connectivity index (χ0) is 22.1. The molecule has 0 atom stereocenters. The summed E-state index contributed by atoms with van der Waals surface area (Å²) in [5.41, 5.74) is 5.85. The SMILES string of the molecule is Cc1nc(C)nc(-c2cc(C(C)C)c(-n3ccnc3-c3ccccc3)c(C(C)C)c2)n1. The molecule has 31 heavy (non-hydrogen) atoms. The van der Waals surface area contributed by atoms with Crippen LogP contribution in [0.5, 0.6) is 0 Å². The van der Waals surface area contributed by atoms with Gasteiger partial charge < -0.3 is 0 Å². The molecule has 2 aromatic heterocycles. The van der Waals surface area contributed by atoms with Crippen LogP contribution in [0.1, 0.15) is 62.3 Å². The second-order valence-electron chi connectivity index (χ2n) is 8.55. The quantitative estimate of drug-likeness (QED) is 0.389. The van der Waals surface area contributed by atoms with Crippen molar-refractivity contribution in [3.05, 3.63) is 77.6 Å². The predicted octanol–water partition coefficient (Wildman–Crippen LogP) is 6.25. The number of imidazole rings is 1. The first-order valence-electron chi connectivity index (χ1n) is 10.8. The van der Waals surface area contributed by atoms with Crippen LogP contribution in [0.3, 0.4) is 0 Å². The first-order valence-corrected chi connectivity index (χ1v) is 10.8. The van der Waals surface area contributed by atoms with Gasteiger partial charge in [0.25, 0.3) is 0 Å². The monoisotopic (exact) mass is 411 g/mol. The maximum atomic E-state index is 4.70. The van der Waals surface area contributed by atoms with E-state index in [-0.39, 0.29) is 0 Å². The van der Waals surface area contributed by atoms with Crippen LogP contribution in [0.2, 0.25) is 0 Å². The molecular weight excluding hydrogens is 382 g/mol. The smallest absolute Gasteiger partial charge is 0.163 e. The van der Waals surface area contributed by atoms with E-state index < -0.39 is 0 Å². The summed E-state index contributed by atoms with van der Waals surface area (Å²) >= 11 is 0. The van der Waals surface area contributed by atoms with E-state index in [1.165, 1.54) is 16.8 Å². The lowest BCUT2D eigenvalue weighted by Gasteiger charge is -2.23. The van der Waals surface area contributed by atoms with Crippen LogP contribution in [0, 0.1) is 13.8 Å². The fraction of sp³-hybridized carbons (Fsp3) is 0.308. The van der Waals surface area contributed by atoms with Gasteiger partial charge in [-0.2, -0.15) is 0 Å². The molecule has 0 radical (unpaired) electrons. The number of nitrogens with zero attached hydrogens (tertiary/aromatic N) is 5. The average molecular weight is 412 g/mol. The summed E-state index contributed by atoms with van der Waals surface area (Å²) in [5.74, 6) is 3.80. The minimum Gasteiger partial charge on any atom is -0.299 e. The van der Waals surface area contributed by atoms with Crippen LogP contribution in [-0.2, 0) is 0 Å². The highest BCUT2D eigenvalue weighted by Crippen LogP contribution is 2.37.